The van der Waals surface area contributed by atoms with Crippen LogP contribution in [0.4, 0.5) is 15.9 Å². The molecular formula is C26H23FN4O3. The number of rotatable bonds is 5. The van der Waals surface area contributed by atoms with Crippen molar-refractivity contribution in [3.63, 3.8) is 0 Å². The Labute approximate surface area is 196 Å². The summed E-state index contributed by atoms with van der Waals surface area (Å²) < 4.78 is 18.9. The molecule has 0 saturated carbocycles. The van der Waals surface area contributed by atoms with Crippen molar-refractivity contribution in [2.45, 2.75) is 0 Å². The molecule has 0 atom stereocenters. The van der Waals surface area contributed by atoms with Crippen LogP contribution in [0.25, 0.3) is 5.57 Å². The number of benzene rings is 2. The van der Waals surface area contributed by atoms with Crippen LogP contribution in [0.2, 0.25) is 0 Å². The molecule has 172 valence electrons. The summed E-state index contributed by atoms with van der Waals surface area (Å²) in [6.07, 6.45) is 1.75. The van der Waals surface area contributed by atoms with Gasteiger partial charge in [-0.1, -0.05) is 24.3 Å². The first kappa shape index (κ1) is 21.6. The van der Waals surface area contributed by atoms with E-state index in [0.29, 0.717) is 48.9 Å². The third-order valence-corrected chi connectivity index (χ3v) is 6.07. The number of ether oxygens (including phenoxy) is 1. The molecule has 5 rings (SSSR count). The van der Waals surface area contributed by atoms with Crippen LogP contribution in [0.3, 0.4) is 0 Å². The van der Waals surface area contributed by atoms with Gasteiger partial charge in [0.1, 0.15) is 23.1 Å². The summed E-state index contributed by atoms with van der Waals surface area (Å²) in [4.78, 5) is 37.0. The first-order valence-corrected chi connectivity index (χ1v) is 11.0. The highest BCUT2D eigenvalue weighted by molar-refractivity contribution is 6.45. The Hall–Kier alpha value is -4.20. The molecule has 3 heterocycles. The van der Waals surface area contributed by atoms with Crippen molar-refractivity contribution in [2.24, 2.45) is 0 Å². The first-order valence-electron chi connectivity index (χ1n) is 11.0. The Morgan fingerprint density at radius 3 is 2.26 bits per heavy atom. The predicted octanol–water partition coefficient (Wildman–Crippen LogP) is 3.34. The Morgan fingerprint density at radius 1 is 0.853 bits per heavy atom. The van der Waals surface area contributed by atoms with E-state index in [2.05, 4.69) is 9.88 Å². The van der Waals surface area contributed by atoms with E-state index in [9.17, 15) is 14.0 Å². The lowest BCUT2D eigenvalue weighted by atomic mass is 10.0. The van der Waals surface area contributed by atoms with Gasteiger partial charge in [-0.15, -0.1) is 0 Å². The van der Waals surface area contributed by atoms with Crippen molar-refractivity contribution in [1.82, 2.24) is 9.88 Å². The van der Waals surface area contributed by atoms with Crippen molar-refractivity contribution in [1.29, 1.82) is 0 Å². The molecule has 7 nitrogen and oxygen atoms in total. The number of imide groups is 1. The lowest BCUT2D eigenvalue weighted by Crippen LogP contribution is -2.48. The van der Waals surface area contributed by atoms with Gasteiger partial charge in [0.15, 0.2) is 0 Å². The van der Waals surface area contributed by atoms with E-state index < -0.39 is 17.6 Å². The molecule has 2 aliphatic heterocycles. The second-order valence-electron chi connectivity index (χ2n) is 8.04. The number of amides is 2. The van der Waals surface area contributed by atoms with E-state index in [4.69, 9.17) is 4.74 Å². The maximum Gasteiger partial charge on any atom is 0.282 e. The summed E-state index contributed by atoms with van der Waals surface area (Å²) >= 11 is 0. The normalized spacial score (nSPS) is 16.5. The first-order chi connectivity index (χ1) is 16.6. The zero-order chi connectivity index (χ0) is 23.7. The van der Waals surface area contributed by atoms with E-state index in [-0.39, 0.29) is 5.57 Å². The average molecular weight is 458 g/mol. The predicted molar refractivity (Wildman–Crippen MR) is 127 cm³/mol. The standard InChI is InChI=1S/C26H23FN4O3/c1-34-21-6-4-5-20(17-21)31-25(32)23(18-8-10-19(27)11-9-18)24(26(31)33)30-15-13-29(14-16-30)22-7-2-3-12-28-22/h2-12,17H,13-16H2,1H3. The van der Waals surface area contributed by atoms with E-state index in [1.807, 2.05) is 23.1 Å². The number of carbonyl (C=O) groups is 2. The highest BCUT2D eigenvalue weighted by Crippen LogP contribution is 2.36. The number of aromatic nitrogens is 1. The molecule has 2 aromatic carbocycles. The Bertz CT molecular complexity index is 1250. The van der Waals surface area contributed by atoms with Gasteiger partial charge in [-0.2, -0.15) is 0 Å². The number of anilines is 2. The monoisotopic (exact) mass is 458 g/mol. The van der Waals surface area contributed by atoms with Gasteiger partial charge in [0.2, 0.25) is 0 Å². The van der Waals surface area contributed by atoms with Gasteiger partial charge in [-0.25, -0.2) is 14.3 Å². The van der Waals surface area contributed by atoms with Gasteiger partial charge < -0.3 is 14.5 Å². The molecule has 0 bridgehead atoms. The van der Waals surface area contributed by atoms with Crippen LogP contribution in [0, 0.1) is 5.82 Å². The molecule has 1 fully saturated rings. The summed E-state index contributed by atoms with van der Waals surface area (Å²) in [6.45, 7) is 2.39. The second-order valence-corrected chi connectivity index (χ2v) is 8.04. The molecule has 3 aromatic rings. The Morgan fingerprint density at radius 2 is 1.59 bits per heavy atom. The molecule has 34 heavy (non-hydrogen) atoms. The molecule has 8 heteroatoms. The number of pyridine rings is 1. The zero-order valence-electron chi connectivity index (χ0n) is 18.6. The minimum atomic E-state index is -0.438. The molecule has 0 radical (unpaired) electrons. The molecule has 0 aliphatic carbocycles. The molecule has 1 saturated heterocycles. The van der Waals surface area contributed by atoms with Crippen LogP contribution in [-0.2, 0) is 9.59 Å². The van der Waals surface area contributed by atoms with Crippen LogP contribution in [-0.4, -0.2) is 55.0 Å². The summed E-state index contributed by atoms with van der Waals surface area (Å²) in [5, 5.41) is 0. The summed E-state index contributed by atoms with van der Waals surface area (Å²) in [5.41, 5.74) is 1.54. The number of carbonyl (C=O) groups excluding carboxylic acids is 2. The van der Waals surface area contributed by atoms with Crippen molar-refractivity contribution in [2.75, 3.05) is 43.1 Å². The fraction of sp³-hybridized carbons (Fsp3) is 0.192. The summed E-state index contributed by atoms with van der Waals surface area (Å²) in [6, 6.07) is 18.3. The molecule has 0 unspecified atom stereocenters. The summed E-state index contributed by atoms with van der Waals surface area (Å²) in [7, 11) is 1.53. The fourth-order valence-electron chi connectivity index (χ4n) is 4.37. The van der Waals surface area contributed by atoms with Crippen LogP contribution in [0.1, 0.15) is 5.56 Å². The zero-order valence-corrected chi connectivity index (χ0v) is 18.6. The number of hydrogen-bond donors (Lipinski definition) is 0. The van der Waals surface area contributed by atoms with Gasteiger partial charge in [-0.3, -0.25) is 9.59 Å². The highest BCUT2D eigenvalue weighted by Gasteiger charge is 2.43. The number of nitrogens with zero attached hydrogens (tertiary/aromatic N) is 4. The third-order valence-electron chi connectivity index (χ3n) is 6.07. The van der Waals surface area contributed by atoms with E-state index in [1.54, 1.807) is 30.5 Å². The van der Waals surface area contributed by atoms with Crippen molar-refractivity contribution < 1.29 is 18.7 Å². The van der Waals surface area contributed by atoms with Gasteiger partial charge >= 0.3 is 0 Å². The molecule has 0 N–H and O–H groups in total. The third kappa shape index (κ3) is 3.87. The van der Waals surface area contributed by atoms with E-state index in [1.165, 1.54) is 36.3 Å². The van der Waals surface area contributed by atoms with Gasteiger partial charge in [0.25, 0.3) is 11.8 Å². The number of halogens is 1. The van der Waals surface area contributed by atoms with Crippen LogP contribution < -0.4 is 14.5 Å². The molecule has 2 amide bonds. The quantitative estimate of drug-likeness (QED) is 0.547. The molecular weight excluding hydrogens is 435 g/mol. The molecule has 1 aromatic heterocycles. The van der Waals surface area contributed by atoms with E-state index in [0.717, 1.165) is 5.82 Å². The van der Waals surface area contributed by atoms with Crippen LogP contribution in [0.15, 0.2) is 78.6 Å². The van der Waals surface area contributed by atoms with Crippen molar-refractivity contribution in [3.8, 4) is 5.75 Å². The SMILES string of the molecule is COc1cccc(N2C(=O)C(c3ccc(F)cc3)=C(N3CCN(c4ccccn4)CC3)C2=O)c1. The molecule has 2 aliphatic rings. The maximum absolute atomic E-state index is 13.7. The minimum absolute atomic E-state index is 0.277. The maximum atomic E-state index is 13.7. The Kier molecular flexibility index (Phi) is 5.71. The van der Waals surface area contributed by atoms with Crippen molar-refractivity contribution >= 4 is 28.9 Å². The lowest BCUT2D eigenvalue weighted by Gasteiger charge is -2.37. The number of methoxy groups -OCH3 is 1. The topological polar surface area (TPSA) is 66.0 Å². The van der Waals surface area contributed by atoms with Gasteiger partial charge in [0.05, 0.1) is 18.4 Å². The van der Waals surface area contributed by atoms with Gasteiger partial charge in [0, 0.05) is 38.4 Å². The molecule has 0 spiro atoms. The van der Waals surface area contributed by atoms with Crippen molar-refractivity contribution in [3.05, 3.63) is 90.0 Å². The minimum Gasteiger partial charge on any atom is -0.497 e. The van der Waals surface area contributed by atoms with Crippen LogP contribution >= 0.6 is 0 Å². The highest BCUT2D eigenvalue weighted by atomic mass is 19.1. The fourth-order valence-corrected chi connectivity index (χ4v) is 4.37. The second kappa shape index (κ2) is 8.97. The number of hydrogen-bond acceptors (Lipinski definition) is 6. The lowest BCUT2D eigenvalue weighted by molar-refractivity contribution is -0.120. The largest absolute Gasteiger partial charge is 0.497 e. The van der Waals surface area contributed by atoms with E-state index >= 15 is 0 Å². The smallest absolute Gasteiger partial charge is 0.282 e. The average Bonchev–Trinajstić information content (AvgIpc) is 3.15. The number of piperazine rings is 1. The van der Waals surface area contributed by atoms with Gasteiger partial charge in [-0.05, 0) is 42.0 Å². The Balaban J connectivity index is 1.50. The summed E-state index contributed by atoms with van der Waals surface area (Å²) in [5.74, 6) is 0.174. The van der Waals surface area contributed by atoms with Crippen LogP contribution in [0.5, 0.6) is 5.75 Å².